The van der Waals surface area contributed by atoms with E-state index in [0.29, 0.717) is 13.2 Å². The van der Waals surface area contributed by atoms with Crippen LogP contribution in [0.25, 0.3) is 0 Å². The normalized spacial score (nSPS) is 23.2. The minimum atomic E-state index is 0.0529. The molecule has 1 aliphatic heterocycles. The van der Waals surface area contributed by atoms with Crippen molar-refractivity contribution in [3.8, 4) is 6.07 Å². The Morgan fingerprint density at radius 1 is 1.79 bits per heavy atom. The summed E-state index contributed by atoms with van der Waals surface area (Å²) in [6.07, 6.45) is 1.84. The van der Waals surface area contributed by atoms with Crippen LogP contribution in [0.4, 0.5) is 0 Å². The van der Waals surface area contributed by atoms with Gasteiger partial charge in [0.1, 0.15) is 11.1 Å². The van der Waals surface area contributed by atoms with Gasteiger partial charge in [-0.1, -0.05) is 0 Å². The highest BCUT2D eigenvalue weighted by Crippen LogP contribution is 2.23. The predicted octanol–water partition coefficient (Wildman–Crippen LogP) is 1.04. The van der Waals surface area contributed by atoms with Crippen molar-refractivity contribution in [3.05, 3.63) is 16.6 Å². The number of hydrogen-bond acceptors (Lipinski definition) is 5. The first-order valence-corrected chi connectivity index (χ1v) is 5.38. The number of nitriles is 1. The molecule has 1 aromatic heterocycles. The third kappa shape index (κ3) is 2.10. The van der Waals surface area contributed by atoms with Crippen LogP contribution in [0.15, 0.2) is 11.6 Å². The van der Waals surface area contributed by atoms with Gasteiger partial charge in [-0.05, 0) is 0 Å². The number of morpholine rings is 1. The molecular formula is C9H11N3OS. The Hall–Kier alpha value is -0.960. The summed E-state index contributed by atoms with van der Waals surface area (Å²) in [6, 6.07) is 2.16. The first-order chi connectivity index (χ1) is 6.90. The summed E-state index contributed by atoms with van der Waals surface area (Å²) < 4.78 is 5.60. The summed E-state index contributed by atoms with van der Waals surface area (Å²) in [5.41, 5.74) is 0. The van der Waals surface area contributed by atoms with Crippen molar-refractivity contribution in [1.82, 2.24) is 9.88 Å². The molecule has 1 fully saturated rings. The highest BCUT2D eigenvalue weighted by Gasteiger charge is 2.23. The lowest BCUT2D eigenvalue weighted by Crippen LogP contribution is -2.38. The van der Waals surface area contributed by atoms with E-state index >= 15 is 0 Å². The van der Waals surface area contributed by atoms with E-state index in [4.69, 9.17) is 10.00 Å². The quantitative estimate of drug-likeness (QED) is 0.683. The molecule has 5 heteroatoms. The second-order valence-corrected chi connectivity index (χ2v) is 4.05. The largest absolute Gasteiger partial charge is 0.368 e. The van der Waals surface area contributed by atoms with Gasteiger partial charge in [0.25, 0.3) is 0 Å². The van der Waals surface area contributed by atoms with Gasteiger partial charge in [0, 0.05) is 24.7 Å². The fraction of sp³-hybridized carbons (Fsp3) is 0.556. The van der Waals surface area contributed by atoms with E-state index in [9.17, 15) is 0 Å². The molecule has 74 valence electrons. The molecule has 2 rings (SSSR count). The van der Waals surface area contributed by atoms with E-state index in [2.05, 4.69) is 16.0 Å². The molecule has 0 amide bonds. The van der Waals surface area contributed by atoms with Gasteiger partial charge < -0.3 is 4.74 Å². The molecule has 4 nitrogen and oxygen atoms in total. The fourth-order valence-corrected chi connectivity index (χ4v) is 2.17. The van der Waals surface area contributed by atoms with Crippen molar-refractivity contribution in [2.45, 2.75) is 6.10 Å². The lowest BCUT2D eigenvalue weighted by Gasteiger charge is -2.29. The highest BCUT2D eigenvalue weighted by molar-refractivity contribution is 7.09. The molecule has 2 heterocycles. The first kappa shape index (κ1) is 9.59. The van der Waals surface area contributed by atoms with Crippen molar-refractivity contribution in [1.29, 1.82) is 5.26 Å². The second kappa shape index (κ2) is 4.51. The van der Waals surface area contributed by atoms with Gasteiger partial charge in [-0.2, -0.15) is 5.26 Å². The minimum Gasteiger partial charge on any atom is -0.368 e. The van der Waals surface area contributed by atoms with E-state index in [-0.39, 0.29) is 6.10 Å². The zero-order chi connectivity index (χ0) is 9.80. The zero-order valence-electron chi connectivity index (χ0n) is 7.72. The predicted molar refractivity (Wildman–Crippen MR) is 52.9 cm³/mol. The smallest absolute Gasteiger partial charge is 0.123 e. The Labute approximate surface area is 86.7 Å². The molecule has 0 bridgehead atoms. The van der Waals surface area contributed by atoms with Crippen molar-refractivity contribution in [2.75, 3.05) is 26.2 Å². The summed E-state index contributed by atoms with van der Waals surface area (Å²) in [7, 11) is 0. The van der Waals surface area contributed by atoms with Crippen LogP contribution in [0.2, 0.25) is 0 Å². The zero-order valence-corrected chi connectivity index (χ0v) is 8.54. The van der Waals surface area contributed by atoms with Crippen LogP contribution < -0.4 is 0 Å². The lowest BCUT2D eigenvalue weighted by molar-refractivity contribution is -0.0255. The minimum absolute atomic E-state index is 0.0529. The number of rotatable bonds is 2. The third-order valence-corrected chi connectivity index (χ3v) is 3.04. The Balaban J connectivity index is 1.98. The van der Waals surface area contributed by atoms with Crippen molar-refractivity contribution in [2.24, 2.45) is 0 Å². The summed E-state index contributed by atoms with van der Waals surface area (Å²) in [4.78, 5) is 6.31. The maximum absolute atomic E-state index is 8.59. The van der Waals surface area contributed by atoms with E-state index in [0.717, 1.165) is 18.1 Å². The van der Waals surface area contributed by atoms with Crippen molar-refractivity contribution in [3.63, 3.8) is 0 Å². The van der Waals surface area contributed by atoms with E-state index in [1.165, 1.54) is 0 Å². The molecule has 0 aliphatic carbocycles. The lowest BCUT2D eigenvalue weighted by atomic mass is 10.3. The standard InChI is InChI=1S/C9H11N3OS/c10-1-3-12-4-5-13-8(7-12)9-11-2-6-14-9/h2,6,8H,3-5,7H2/t8-/m0/s1. The number of aromatic nitrogens is 1. The average Bonchev–Trinajstić information content (AvgIpc) is 2.71. The van der Waals surface area contributed by atoms with Crippen LogP contribution in [0.3, 0.4) is 0 Å². The number of thiazole rings is 1. The van der Waals surface area contributed by atoms with Gasteiger partial charge in [-0.25, -0.2) is 4.98 Å². The first-order valence-electron chi connectivity index (χ1n) is 4.50. The Morgan fingerprint density at radius 2 is 2.71 bits per heavy atom. The maximum Gasteiger partial charge on any atom is 0.123 e. The summed E-state index contributed by atoms with van der Waals surface area (Å²) in [6.45, 7) is 2.79. The topological polar surface area (TPSA) is 49.2 Å². The molecule has 0 unspecified atom stereocenters. The van der Waals surface area contributed by atoms with Crippen molar-refractivity contribution < 1.29 is 4.74 Å². The number of nitrogens with zero attached hydrogens (tertiary/aromatic N) is 3. The van der Waals surface area contributed by atoms with Crippen LogP contribution >= 0.6 is 11.3 Å². The Morgan fingerprint density at radius 3 is 3.43 bits per heavy atom. The molecule has 1 saturated heterocycles. The van der Waals surface area contributed by atoms with Crippen LogP contribution in [-0.4, -0.2) is 36.1 Å². The van der Waals surface area contributed by atoms with Crippen LogP contribution in [-0.2, 0) is 4.74 Å². The summed E-state index contributed by atoms with van der Waals surface area (Å²) in [5, 5.41) is 11.5. The van der Waals surface area contributed by atoms with Crippen LogP contribution in [0, 0.1) is 11.3 Å². The molecule has 0 radical (unpaired) electrons. The molecule has 0 aromatic carbocycles. The molecule has 0 N–H and O–H groups in total. The van der Waals surface area contributed by atoms with Crippen LogP contribution in [0.5, 0.6) is 0 Å². The van der Waals surface area contributed by atoms with Crippen molar-refractivity contribution >= 4 is 11.3 Å². The molecule has 0 spiro atoms. The maximum atomic E-state index is 8.59. The SMILES string of the molecule is N#CCN1CCO[C@H](c2nccs2)C1. The fourth-order valence-electron chi connectivity index (χ4n) is 1.49. The van der Waals surface area contributed by atoms with Gasteiger partial charge in [0.2, 0.25) is 0 Å². The van der Waals surface area contributed by atoms with E-state index < -0.39 is 0 Å². The molecule has 1 aliphatic rings. The highest BCUT2D eigenvalue weighted by atomic mass is 32.1. The van der Waals surface area contributed by atoms with E-state index in [1.807, 2.05) is 5.38 Å². The summed E-state index contributed by atoms with van der Waals surface area (Å²) in [5.74, 6) is 0. The average molecular weight is 209 g/mol. The number of ether oxygens (including phenoxy) is 1. The molecule has 1 aromatic rings. The van der Waals surface area contributed by atoms with Gasteiger partial charge in [0.05, 0.1) is 19.2 Å². The van der Waals surface area contributed by atoms with E-state index in [1.54, 1.807) is 17.5 Å². The number of hydrogen-bond donors (Lipinski definition) is 0. The van der Waals surface area contributed by atoms with Crippen LogP contribution in [0.1, 0.15) is 11.1 Å². The van der Waals surface area contributed by atoms with Gasteiger partial charge in [-0.3, -0.25) is 4.90 Å². The Bertz CT molecular complexity index is 319. The monoisotopic (exact) mass is 209 g/mol. The van der Waals surface area contributed by atoms with Gasteiger partial charge in [0.15, 0.2) is 0 Å². The molecule has 14 heavy (non-hydrogen) atoms. The molecule has 0 saturated carbocycles. The summed E-state index contributed by atoms with van der Waals surface area (Å²) >= 11 is 1.60. The van der Waals surface area contributed by atoms with Gasteiger partial charge in [-0.15, -0.1) is 11.3 Å². The second-order valence-electron chi connectivity index (χ2n) is 3.12. The Kier molecular flexibility index (Phi) is 3.09. The molecule has 1 atom stereocenters. The molecular weight excluding hydrogens is 198 g/mol. The van der Waals surface area contributed by atoms with Gasteiger partial charge >= 0.3 is 0 Å². The third-order valence-electron chi connectivity index (χ3n) is 2.17.